The maximum absolute atomic E-state index is 12.0. The molecule has 20 heavy (non-hydrogen) atoms. The van der Waals surface area contributed by atoms with Crippen molar-refractivity contribution in [3.05, 3.63) is 30.1 Å². The van der Waals surface area contributed by atoms with Crippen LogP contribution in [-0.2, 0) is 15.3 Å². The fraction of sp³-hybridized carbons (Fsp3) is 0.500. The van der Waals surface area contributed by atoms with Gasteiger partial charge < -0.3 is 10.0 Å². The lowest BCUT2D eigenvalue weighted by Crippen LogP contribution is -2.40. The first-order chi connectivity index (χ1) is 9.68. The average molecular weight is 294 g/mol. The van der Waals surface area contributed by atoms with Crippen molar-refractivity contribution in [3.63, 3.8) is 0 Å². The highest BCUT2D eigenvalue weighted by atomic mass is 32.2. The number of nitrogens with zero attached hydrogens (tertiary/aromatic N) is 2. The summed E-state index contributed by atoms with van der Waals surface area (Å²) >= 11 is 1.65. The predicted octanol–water partition coefficient (Wildman–Crippen LogP) is 1.78. The van der Waals surface area contributed by atoms with Crippen molar-refractivity contribution in [2.45, 2.75) is 31.1 Å². The van der Waals surface area contributed by atoms with E-state index in [9.17, 15) is 9.59 Å². The van der Waals surface area contributed by atoms with Gasteiger partial charge in [-0.05, 0) is 25.0 Å². The van der Waals surface area contributed by atoms with Crippen LogP contribution in [0.3, 0.4) is 0 Å². The van der Waals surface area contributed by atoms with Gasteiger partial charge in [-0.1, -0.05) is 6.07 Å². The highest BCUT2D eigenvalue weighted by Crippen LogP contribution is 2.19. The molecule has 1 atom stereocenters. The fourth-order valence-electron chi connectivity index (χ4n) is 2.29. The second-order valence-electron chi connectivity index (χ2n) is 4.71. The van der Waals surface area contributed by atoms with Crippen LogP contribution in [0, 0.1) is 0 Å². The van der Waals surface area contributed by atoms with Crippen LogP contribution in [0.1, 0.15) is 25.0 Å². The summed E-state index contributed by atoms with van der Waals surface area (Å²) in [5.41, 5.74) is 0.995. The number of thioether (sulfide) groups is 1. The van der Waals surface area contributed by atoms with Gasteiger partial charge >= 0.3 is 5.97 Å². The van der Waals surface area contributed by atoms with Gasteiger partial charge in [-0.3, -0.25) is 9.78 Å². The Hall–Kier alpha value is -1.56. The van der Waals surface area contributed by atoms with E-state index in [1.54, 1.807) is 18.0 Å². The van der Waals surface area contributed by atoms with E-state index in [1.807, 2.05) is 18.2 Å². The Morgan fingerprint density at radius 3 is 3.00 bits per heavy atom. The standard InChI is InChI=1S/C14H18N2O3S/c17-13(16-8-3-5-12(16)14(18)19)6-9-20-10-11-4-1-2-7-15-11/h1-2,4,7,12H,3,5-6,8-10H2,(H,18,19)/t12-/m1/s1. The normalized spacial score (nSPS) is 18.2. The van der Waals surface area contributed by atoms with Gasteiger partial charge in [0.2, 0.25) is 5.91 Å². The molecule has 1 fully saturated rings. The van der Waals surface area contributed by atoms with Gasteiger partial charge in [-0.2, -0.15) is 11.8 Å². The average Bonchev–Trinajstić information content (AvgIpc) is 2.94. The minimum atomic E-state index is -0.892. The molecule has 0 aromatic carbocycles. The van der Waals surface area contributed by atoms with E-state index in [-0.39, 0.29) is 5.91 Å². The quantitative estimate of drug-likeness (QED) is 0.810. The number of aromatic nitrogens is 1. The van der Waals surface area contributed by atoms with Crippen LogP contribution in [0.5, 0.6) is 0 Å². The van der Waals surface area contributed by atoms with E-state index in [4.69, 9.17) is 5.11 Å². The number of hydrogen-bond acceptors (Lipinski definition) is 4. The first kappa shape index (κ1) is 14.8. The van der Waals surface area contributed by atoms with Crippen LogP contribution >= 0.6 is 11.8 Å². The Labute approximate surface area is 122 Å². The van der Waals surface area contributed by atoms with E-state index in [0.717, 1.165) is 17.9 Å². The fourth-order valence-corrected chi connectivity index (χ4v) is 3.13. The molecule has 1 aromatic heterocycles. The number of hydrogen-bond donors (Lipinski definition) is 1. The number of carbonyl (C=O) groups is 2. The van der Waals surface area contributed by atoms with Crippen molar-refractivity contribution >= 4 is 23.6 Å². The lowest BCUT2D eigenvalue weighted by atomic mass is 10.2. The second-order valence-corrected chi connectivity index (χ2v) is 5.81. The van der Waals surface area contributed by atoms with E-state index >= 15 is 0 Å². The van der Waals surface area contributed by atoms with E-state index in [1.165, 1.54) is 4.90 Å². The third-order valence-electron chi connectivity index (χ3n) is 3.29. The molecule has 1 aromatic rings. The van der Waals surface area contributed by atoms with Gasteiger partial charge in [0.15, 0.2) is 0 Å². The number of likely N-dealkylation sites (tertiary alicyclic amines) is 1. The summed E-state index contributed by atoms with van der Waals surface area (Å²) in [4.78, 5) is 28.7. The molecule has 1 amide bonds. The van der Waals surface area contributed by atoms with E-state index in [2.05, 4.69) is 4.98 Å². The van der Waals surface area contributed by atoms with Crippen molar-refractivity contribution < 1.29 is 14.7 Å². The molecule has 0 spiro atoms. The van der Waals surface area contributed by atoms with Gasteiger partial charge in [0.1, 0.15) is 6.04 Å². The predicted molar refractivity (Wildman–Crippen MR) is 77.4 cm³/mol. The molecule has 6 heteroatoms. The Bertz CT molecular complexity index is 467. The zero-order chi connectivity index (χ0) is 14.4. The van der Waals surface area contributed by atoms with Crippen molar-refractivity contribution in [2.75, 3.05) is 12.3 Å². The van der Waals surface area contributed by atoms with Crippen LogP contribution in [0.15, 0.2) is 24.4 Å². The summed E-state index contributed by atoms with van der Waals surface area (Å²) in [5, 5.41) is 9.05. The summed E-state index contributed by atoms with van der Waals surface area (Å²) in [5.74, 6) is 0.523. The molecule has 108 valence electrons. The molecule has 0 unspecified atom stereocenters. The molecule has 1 saturated heterocycles. The Balaban J connectivity index is 1.71. The molecule has 2 rings (SSSR count). The molecule has 0 bridgehead atoms. The molecule has 0 saturated carbocycles. The zero-order valence-electron chi connectivity index (χ0n) is 11.2. The highest BCUT2D eigenvalue weighted by molar-refractivity contribution is 7.98. The Morgan fingerprint density at radius 1 is 1.45 bits per heavy atom. The maximum atomic E-state index is 12.0. The van der Waals surface area contributed by atoms with Crippen molar-refractivity contribution in [2.24, 2.45) is 0 Å². The topological polar surface area (TPSA) is 70.5 Å². The van der Waals surface area contributed by atoms with Crippen LogP contribution < -0.4 is 0 Å². The molecule has 0 radical (unpaired) electrons. The number of pyridine rings is 1. The third-order valence-corrected chi connectivity index (χ3v) is 4.29. The number of carbonyl (C=O) groups excluding carboxylic acids is 1. The van der Waals surface area contributed by atoms with E-state index < -0.39 is 12.0 Å². The molecule has 2 heterocycles. The number of rotatable bonds is 6. The lowest BCUT2D eigenvalue weighted by Gasteiger charge is -2.21. The molecular weight excluding hydrogens is 276 g/mol. The van der Waals surface area contributed by atoms with Gasteiger partial charge in [0.05, 0.1) is 5.69 Å². The van der Waals surface area contributed by atoms with Crippen LogP contribution in [0.25, 0.3) is 0 Å². The van der Waals surface area contributed by atoms with Crippen LogP contribution in [0.4, 0.5) is 0 Å². The molecule has 1 aliphatic heterocycles. The van der Waals surface area contributed by atoms with Gasteiger partial charge in [-0.25, -0.2) is 4.79 Å². The number of carboxylic acid groups (broad SMARTS) is 1. The largest absolute Gasteiger partial charge is 0.480 e. The van der Waals surface area contributed by atoms with Crippen LogP contribution in [0.2, 0.25) is 0 Å². The second kappa shape index (κ2) is 7.28. The minimum Gasteiger partial charge on any atom is -0.480 e. The lowest BCUT2D eigenvalue weighted by molar-refractivity contribution is -0.148. The minimum absolute atomic E-state index is 0.0524. The van der Waals surface area contributed by atoms with Gasteiger partial charge in [0.25, 0.3) is 0 Å². The summed E-state index contributed by atoms with van der Waals surface area (Å²) in [6.45, 7) is 0.570. The Morgan fingerprint density at radius 2 is 2.30 bits per heavy atom. The summed E-state index contributed by atoms with van der Waals surface area (Å²) < 4.78 is 0. The number of carboxylic acids is 1. The summed E-state index contributed by atoms with van der Waals surface area (Å²) in [7, 11) is 0. The first-order valence-corrected chi connectivity index (χ1v) is 7.84. The molecule has 1 N–H and O–H groups in total. The molecular formula is C14H18N2O3S. The smallest absolute Gasteiger partial charge is 0.326 e. The SMILES string of the molecule is O=C(O)[C@H]1CCCN1C(=O)CCSCc1ccccn1. The van der Waals surface area contributed by atoms with Crippen LogP contribution in [-0.4, -0.2) is 45.2 Å². The highest BCUT2D eigenvalue weighted by Gasteiger charge is 2.33. The molecule has 0 aliphatic carbocycles. The maximum Gasteiger partial charge on any atom is 0.326 e. The van der Waals surface area contributed by atoms with Gasteiger partial charge in [-0.15, -0.1) is 0 Å². The summed E-state index contributed by atoms with van der Waals surface area (Å²) in [6, 6.07) is 5.14. The van der Waals surface area contributed by atoms with Crippen molar-refractivity contribution in [3.8, 4) is 0 Å². The molecule has 5 nitrogen and oxygen atoms in total. The molecule has 1 aliphatic rings. The van der Waals surface area contributed by atoms with E-state index in [0.29, 0.717) is 25.1 Å². The number of amides is 1. The van der Waals surface area contributed by atoms with Crippen molar-refractivity contribution in [1.82, 2.24) is 9.88 Å². The monoisotopic (exact) mass is 294 g/mol. The summed E-state index contributed by atoms with van der Waals surface area (Å²) in [6.07, 6.45) is 3.50. The number of aliphatic carboxylic acids is 1. The first-order valence-electron chi connectivity index (χ1n) is 6.68. The Kier molecular flexibility index (Phi) is 5.40. The zero-order valence-corrected chi connectivity index (χ0v) is 12.0. The van der Waals surface area contributed by atoms with Gasteiger partial charge in [0, 0.05) is 30.7 Å². The van der Waals surface area contributed by atoms with Crippen molar-refractivity contribution in [1.29, 1.82) is 0 Å². The third kappa shape index (κ3) is 3.96.